The summed E-state index contributed by atoms with van der Waals surface area (Å²) in [6.07, 6.45) is 3.31. The van der Waals surface area contributed by atoms with Gasteiger partial charge in [-0.05, 0) is 6.42 Å². The zero-order chi connectivity index (χ0) is 13.0. The number of ether oxygens (including phenoxy) is 1. The smallest absolute Gasteiger partial charge is 0.318 e. The quantitative estimate of drug-likeness (QED) is 0.855. The average molecular weight is 250 g/mol. The molecule has 0 unspecified atom stereocenters. The molecule has 0 spiro atoms. The molecular weight excluding hydrogens is 228 g/mol. The Morgan fingerprint density at radius 1 is 1.39 bits per heavy atom. The molecule has 1 aromatic rings. The predicted molar refractivity (Wildman–Crippen MR) is 72.2 cm³/mol. The number of aromatic nitrogens is 2. The molecular formula is C13H22N4O. The molecule has 100 valence electrons. The molecule has 0 saturated heterocycles. The maximum absolute atomic E-state index is 5.21. The zero-order valence-electron chi connectivity index (χ0n) is 11.5. The van der Waals surface area contributed by atoms with Crippen molar-refractivity contribution in [1.82, 2.24) is 15.3 Å². The van der Waals surface area contributed by atoms with Crippen LogP contribution in [0.1, 0.15) is 31.0 Å². The van der Waals surface area contributed by atoms with Crippen molar-refractivity contribution >= 4 is 5.82 Å². The van der Waals surface area contributed by atoms with E-state index in [0.717, 1.165) is 37.6 Å². The average Bonchev–Trinajstić information content (AvgIpc) is 2.43. The largest absolute Gasteiger partial charge is 0.467 e. The minimum Gasteiger partial charge on any atom is -0.467 e. The molecule has 0 aliphatic carbocycles. The molecule has 1 aliphatic heterocycles. The Hall–Kier alpha value is -1.36. The highest BCUT2D eigenvalue weighted by Gasteiger charge is 2.19. The van der Waals surface area contributed by atoms with E-state index in [0.29, 0.717) is 6.01 Å². The van der Waals surface area contributed by atoms with Gasteiger partial charge in [-0.1, -0.05) is 13.3 Å². The van der Waals surface area contributed by atoms with Gasteiger partial charge in [0.1, 0.15) is 5.82 Å². The van der Waals surface area contributed by atoms with Gasteiger partial charge in [0, 0.05) is 38.7 Å². The van der Waals surface area contributed by atoms with Gasteiger partial charge in [0.2, 0.25) is 0 Å². The Morgan fingerprint density at radius 3 is 2.94 bits per heavy atom. The van der Waals surface area contributed by atoms with Crippen LogP contribution >= 0.6 is 0 Å². The molecule has 0 saturated carbocycles. The lowest BCUT2D eigenvalue weighted by Crippen LogP contribution is -2.29. The Morgan fingerprint density at radius 2 is 2.22 bits per heavy atom. The maximum Gasteiger partial charge on any atom is 0.318 e. The molecule has 1 aromatic heterocycles. The van der Waals surface area contributed by atoms with Gasteiger partial charge >= 0.3 is 6.01 Å². The van der Waals surface area contributed by atoms with Gasteiger partial charge in [0.05, 0.1) is 12.8 Å². The third kappa shape index (κ3) is 2.72. The molecule has 0 bridgehead atoms. The molecule has 2 heterocycles. The lowest BCUT2D eigenvalue weighted by molar-refractivity contribution is 0.376. The summed E-state index contributed by atoms with van der Waals surface area (Å²) in [5, 5.41) is 3.38. The summed E-state index contributed by atoms with van der Waals surface area (Å²) in [5.74, 6) is 1.01. The van der Waals surface area contributed by atoms with E-state index in [2.05, 4.69) is 34.2 Å². The van der Waals surface area contributed by atoms with Crippen LogP contribution in [-0.2, 0) is 13.0 Å². The van der Waals surface area contributed by atoms with Crippen molar-refractivity contribution in [2.75, 3.05) is 32.1 Å². The van der Waals surface area contributed by atoms with Crippen LogP contribution < -0.4 is 15.0 Å². The van der Waals surface area contributed by atoms with E-state index in [-0.39, 0.29) is 0 Å². The molecule has 5 nitrogen and oxygen atoms in total. The predicted octanol–water partition coefficient (Wildman–Crippen LogP) is 1.37. The number of fused-ring (bicyclic) bond motifs is 1. The fourth-order valence-corrected chi connectivity index (χ4v) is 2.21. The zero-order valence-corrected chi connectivity index (χ0v) is 11.5. The van der Waals surface area contributed by atoms with Crippen LogP contribution in [0.5, 0.6) is 6.01 Å². The molecule has 0 atom stereocenters. The van der Waals surface area contributed by atoms with Crippen LogP contribution in [0.3, 0.4) is 0 Å². The van der Waals surface area contributed by atoms with Crippen molar-refractivity contribution in [3.8, 4) is 6.01 Å². The second kappa shape index (κ2) is 6.00. The van der Waals surface area contributed by atoms with E-state index in [4.69, 9.17) is 4.74 Å². The van der Waals surface area contributed by atoms with Crippen molar-refractivity contribution in [3.05, 3.63) is 11.3 Å². The third-order valence-corrected chi connectivity index (χ3v) is 3.28. The highest BCUT2D eigenvalue weighted by molar-refractivity contribution is 5.50. The molecule has 1 aliphatic rings. The normalized spacial score (nSPS) is 14.2. The summed E-state index contributed by atoms with van der Waals surface area (Å²) in [7, 11) is 3.71. The highest BCUT2D eigenvalue weighted by atomic mass is 16.5. The minimum atomic E-state index is 0.481. The maximum atomic E-state index is 5.21. The van der Waals surface area contributed by atoms with Crippen LogP contribution in [0.15, 0.2) is 0 Å². The highest BCUT2D eigenvalue weighted by Crippen LogP contribution is 2.25. The van der Waals surface area contributed by atoms with Gasteiger partial charge in [0.15, 0.2) is 0 Å². The first-order chi connectivity index (χ1) is 8.76. The number of methoxy groups -OCH3 is 1. The lowest BCUT2D eigenvalue weighted by atomic mass is 10.1. The van der Waals surface area contributed by atoms with Gasteiger partial charge < -0.3 is 15.0 Å². The Labute approximate surface area is 109 Å². The van der Waals surface area contributed by atoms with Crippen molar-refractivity contribution < 1.29 is 4.74 Å². The summed E-state index contributed by atoms with van der Waals surface area (Å²) in [6.45, 7) is 5.05. The first-order valence-electron chi connectivity index (χ1n) is 6.62. The third-order valence-electron chi connectivity index (χ3n) is 3.28. The van der Waals surface area contributed by atoms with Crippen LogP contribution in [0.25, 0.3) is 0 Å². The van der Waals surface area contributed by atoms with Gasteiger partial charge in [-0.15, -0.1) is 0 Å². The van der Waals surface area contributed by atoms with Gasteiger partial charge in [-0.2, -0.15) is 9.97 Å². The van der Waals surface area contributed by atoms with E-state index < -0.39 is 0 Å². The first kappa shape index (κ1) is 13.1. The van der Waals surface area contributed by atoms with Crippen LogP contribution in [0.4, 0.5) is 5.82 Å². The molecule has 1 N–H and O–H groups in total. The molecule has 2 rings (SSSR count). The van der Waals surface area contributed by atoms with Crippen LogP contribution in [-0.4, -0.2) is 37.2 Å². The van der Waals surface area contributed by atoms with Gasteiger partial charge in [-0.25, -0.2) is 0 Å². The topological polar surface area (TPSA) is 50.3 Å². The van der Waals surface area contributed by atoms with Gasteiger partial charge in [0.25, 0.3) is 0 Å². The van der Waals surface area contributed by atoms with Crippen molar-refractivity contribution in [2.45, 2.75) is 32.7 Å². The summed E-state index contributed by atoms with van der Waals surface area (Å²) < 4.78 is 5.21. The van der Waals surface area contributed by atoms with E-state index in [1.807, 2.05) is 0 Å². The Bertz CT molecular complexity index is 408. The number of hydrogen-bond acceptors (Lipinski definition) is 5. The van der Waals surface area contributed by atoms with Crippen LogP contribution in [0.2, 0.25) is 0 Å². The van der Waals surface area contributed by atoms with Crippen LogP contribution in [0, 0.1) is 0 Å². The number of rotatable bonds is 5. The molecule has 18 heavy (non-hydrogen) atoms. The van der Waals surface area contributed by atoms with Crippen molar-refractivity contribution in [1.29, 1.82) is 0 Å². The number of nitrogens with one attached hydrogen (secondary N) is 1. The second-order valence-corrected chi connectivity index (χ2v) is 4.66. The standard InChI is InChI=1S/C13H22N4O/c1-4-5-8-17(2)12-10-9-14-7-6-11(10)15-13(16-12)18-3/h14H,4-9H2,1-3H3. The summed E-state index contributed by atoms with van der Waals surface area (Å²) in [5.41, 5.74) is 2.35. The minimum absolute atomic E-state index is 0.481. The molecule has 0 radical (unpaired) electrons. The SMILES string of the molecule is CCCCN(C)c1nc(OC)nc2c1CNCC2. The first-order valence-corrected chi connectivity index (χ1v) is 6.62. The van der Waals surface area contributed by atoms with Crippen molar-refractivity contribution in [2.24, 2.45) is 0 Å². The van der Waals surface area contributed by atoms with E-state index in [1.165, 1.54) is 18.4 Å². The molecule has 0 fully saturated rings. The fourth-order valence-electron chi connectivity index (χ4n) is 2.21. The Balaban J connectivity index is 2.31. The second-order valence-electron chi connectivity index (χ2n) is 4.66. The lowest BCUT2D eigenvalue weighted by Gasteiger charge is -2.25. The van der Waals surface area contributed by atoms with Crippen molar-refractivity contribution in [3.63, 3.8) is 0 Å². The fraction of sp³-hybridized carbons (Fsp3) is 0.692. The molecule has 5 heteroatoms. The van der Waals surface area contributed by atoms with E-state index in [9.17, 15) is 0 Å². The summed E-state index contributed by atoms with van der Waals surface area (Å²) >= 11 is 0. The Kier molecular flexibility index (Phi) is 4.36. The molecule has 0 amide bonds. The summed E-state index contributed by atoms with van der Waals surface area (Å²) in [6, 6.07) is 0.481. The number of unbranched alkanes of at least 4 members (excludes halogenated alkanes) is 1. The van der Waals surface area contributed by atoms with E-state index >= 15 is 0 Å². The molecule has 0 aromatic carbocycles. The number of hydrogen-bond donors (Lipinski definition) is 1. The van der Waals surface area contributed by atoms with E-state index in [1.54, 1.807) is 7.11 Å². The number of anilines is 1. The van der Waals surface area contributed by atoms with Gasteiger partial charge in [-0.3, -0.25) is 0 Å². The summed E-state index contributed by atoms with van der Waals surface area (Å²) in [4.78, 5) is 11.2. The number of nitrogens with zero attached hydrogens (tertiary/aromatic N) is 3. The monoisotopic (exact) mass is 250 g/mol.